The van der Waals surface area contributed by atoms with Gasteiger partial charge >= 0.3 is 6.18 Å². The van der Waals surface area contributed by atoms with Crippen molar-refractivity contribution in [3.63, 3.8) is 0 Å². The molecule has 0 saturated heterocycles. The molecule has 100 valence electrons. The molecule has 1 aromatic carbocycles. The van der Waals surface area contributed by atoms with Gasteiger partial charge in [-0.3, -0.25) is 0 Å². The first-order valence-corrected chi connectivity index (χ1v) is 6.05. The van der Waals surface area contributed by atoms with Gasteiger partial charge in [-0.2, -0.15) is 13.2 Å². The zero-order valence-corrected chi connectivity index (χ0v) is 10.4. The second-order valence-electron chi connectivity index (χ2n) is 4.19. The molecular weight excluding hydrogens is 267 g/mol. The summed E-state index contributed by atoms with van der Waals surface area (Å²) in [6.07, 6.45) is -4.16. The topological polar surface area (TPSA) is 21.3 Å². The fourth-order valence-electron chi connectivity index (χ4n) is 1.93. The van der Waals surface area contributed by atoms with Crippen molar-refractivity contribution in [2.75, 3.05) is 13.2 Å². The molecule has 0 radical (unpaired) electrons. The van der Waals surface area contributed by atoms with Gasteiger partial charge in [-0.05, 0) is 17.7 Å². The van der Waals surface area contributed by atoms with Crippen molar-refractivity contribution in [3.8, 4) is 5.75 Å². The Labute approximate surface area is 108 Å². The number of halogens is 4. The summed E-state index contributed by atoms with van der Waals surface area (Å²) in [6, 6.07) is 3.56. The number of hydrogen-bond acceptors (Lipinski definition) is 2. The fraction of sp³-hybridized carbons (Fsp3) is 0.500. The molecule has 0 bridgehead atoms. The Bertz CT molecular complexity index is 434. The van der Waals surface area contributed by atoms with E-state index in [9.17, 15) is 13.2 Å². The van der Waals surface area contributed by atoms with Gasteiger partial charge in [0.25, 0.3) is 0 Å². The molecule has 2 rings (SSSR count). The molecule has 0 atom stereocenters. The van der Waals surface area contributed by atoms with Crippen LogP contribution >= 0.6 is 11.6 Å². The molecule has 0 fully saturated rings. The third kappa shape index (κ3) is 3.53. The van der Waals surface area contributed by atoms with Crippen LogP contribution in [0.1, 0.15) is 17.5 Å². The first-order valence-electron chi connectivity index (χ1n) is 5.67. The van der Waals surface area contributed by atoms with Gasteiger partial charge in [-0.1, -0.05) is 11.6 Å². The average Bonchev–Trinajstić information content (AvgIpc) is 2.70. The SMILES string of the molecule is FC(F)(F)CCNCc1cc(Cl)cc2c1OCC2. The normalized spacial score (nSPS) is 14.4. The van der Waals surface area contributed by atoms with Crippen LogP contribution in [-0.4, -0.2) is 19.3 Å². The number of nitrogens with one attached hydrogen (secondary N) is 1. The highest BCUT2D eigenvalue weighted by molar-refractivity contribution is 6.30. The fourth-order valence-corrected chi connectivity index (χ4v) is 2.19. The largest absolute Gasteiger partial charge is 0.493 e. The summed E-state index contributed by atoms with van der Waals surface area (Å²) in [7, 11) is 0. The Morgan fingerprint density at radius 3 is 2.83 bits per heavy atom. The van der Waals surface area contributed by atoms with Crippen molar-refractivity contribution in [1.82, 2.24) is 5.32 Å². The molecule has 1 aliphatic heterocycles. The van der Waals surface area contributed by atoms with Gasteiger partial charge in [0.05, 0.1) is 13.0 Å². The zero-order chi connectivity index (χ0) is 13.2. The highest BCUT2D eigenvalue weighted by Gasteiger charge is 2.26. The number of fused-ring (bicyclic) bond motifs is 1. The van der Waals surface area contributed by atoms with Crippen LogP contribution in [0.4, 0.5) is 13.2 Å². The van der Waals surface area contributed by atoms with Crippen molar-refractivity contribution in [2.45, 2.75) is 25.6 Å². The van der Waals surface area contributed by atoms with Crippen molar-refractivity contribution in [3.05, 3.63) is 28.3 Å². The maximum Gasteiger partial charge on any atom is 0.390 e. The Balaban J connectivity index is 1.94. The van der Waals surface area contributed by atoms with Gasteiger partial charge in [-0.15, -0.1) is 0 Å². The highest BCUT2D eigenvalue weighted by atomic mass is 35.5. The number of ether oxygens (including phenoxy) is 1. The maximum absolute atomic E-state index is 12.0. The minimum atomic E-state index is -4.13. The molecule has 0 aliphatic carbocycles. The zero-order valence-electron chi connectivity index (χ0n) is 9.61. The van der Waals surface area contributed by atoms with Gasteiger partial charge < -0.3 is 10.1 Å². The summed E-state index contributed by atoms with van der Waals surface area (Å²) in [4.78, 5) is 0. The molecule has 0 unspecified atom stereocenters. The third-order valence-electron chi connectivity index (χ3n) is 2.73. The predicted octanol–water partition coefficient (Wildman–Crippen LogP) is 3.32. The monoisotopic (exact) mass is 279 g/mol. The Hall–Kier alpha value is -0.940. The van der Waals surface area contributed by atoms with Crippen LogP contribution in [0.15, 0.2) is 12.1 Å². The summed E-state index contributed by atoms with van der Waals surface area (Å²) in [5.74, 6) is 0.763. The van der Waals surface area contributed by atoms with Crippen LogP contribution in [0, 0.1) is 0 Å². The summed E-state index contributed by atoms with van der Waals surface area (Å²) in [5.41, 5.74) is 1.84. The lowest BCUT2D eigenvalue weighted by Gasteiger charge is -2.11. The quantitative estimate of drug-likeness (QED) is 0.854. The Morgan fingerprint density at radius 2 is 2.11 bits per heavy atom. The first kappa shape index (κ1) is 13.5. The van der Waals surface area contributed by atoms with E-state index in [4.69, 9.17) is 16.3 Å². The summed E-state index contributed by atoms with van der Waals surface area (Å²) >= 11 is 5.95. The van der Waals surface area contributed by atoms with E-state index in [1.165, 1.54) is 0 Å². The smallest absolute Gasteiger partial charge is 0.390 e. The van der Waals surface area contributed by atoms with E-state index >= 15 is 0 Å². The molecule has 1 aromatic rings. The molecular formula is C12H13ClF3NO. The first-order chi connectivity index (χ1) is 8.46. The van der Waals surface area contributed by atoms with Gasteiger partial charge in [0.15, 0.2) is 0 Å². The van der Waals surface area contributed by atoms with Gasteiger partial charge in [0.2, 0.25) is 0 Å². The Kier molecular flexibility index (Phi) is 4.02. The van der Waals surface area contributed by atoms with E-state index in [-0.39, 0.29) is 6.54 Å². The lowest BCUT2D eigenvalue weighted by atomic mass is 10.1. The number of rotatable bonds is 4. The summed E-state index contributed by atoms with van der Waals surface area (Å²) in [5, 5.41) is 3.35. The molecule has 0 saturated carbocycles. The minimum absolute atomic E-state index is 0.106. The van der Waals surface area contributed by atoms with Crippen molar-refractivity contribution < 1.29 is 17.9 Å². The molecule has 0 amide bonds. The number of hydrogen-bond donors (Lipinski definition) is 1. The minimum Gasteiger partial charge on any atom is -0.493 e. The lowest BCUT2D eigenvalue weighted by molar-refractivity contribution is -0.133. The van der Waals surface area contributed by atoms with E-state index in [2.05, 4.69) is 5.32 Å². The van der Waals surface area contributed by atoms with Crippen LogP contribution in [-0.2, 0) is 13.0 Å². The van der Waals surface area contributed by atoms with Crippen molar-refractivity contribution >= 4 is 11.6 Å². The predicted molar refractivity (Wildman–Crippen MR) is 63.0 cm³/mol. The van der Waals surface area contributed by atoms with Gasteiger partial charge in [0, 0.05) is 30.1 Å². The third-order valence-corrected chi connectivity index (χ3v) is 2.94. The van der Waals surface area contributed by atoms with Crippen LogP contribution in [0.3, 0.4) is 0 Å². The standard InChI is InChI=1S/C12H13ClF3NO/c13-10-5-8-1-4-18-11(8)9(6-10)7-17-3-2-12(14,15)16/h5-6,17H,1-4,7H2. The maximum atomic E-state index is 12.0. The molecule has 1 heterocycles. The molecule has 0 aromatic heterocycles. The van der Waals surface area contributed by atoms with Gasteiger partial charge in [0.1, 0.15) is 5.75 Å². The average molecular weight is 280 g/mol. The van der Waals surface area contributed by atoms with Gasteiger partial charge in [-0.25, -0.2) is 0 Å². The second-order valence-corrected chi connectivity index (χ2v) is 4.63. The van der Waals surface area contributed by atoms with Crippen LogP contribution in [0.5, 0.6) is 5.75 Å². The van der Waals surface area contributed by atoms with Crippen LogP contribution in [0.2, 0.25) is 5.02 Å². The molecule has 0 spiro atoms. The molecule has 1 aliphatic rings. The lowest BCUT2D eigenvalue weighted by Crippen LogP contribution is -2.21. The number of benzene rings is 1. The summed E-state index contributed by atoms with van der Waals surface area (Å²) < 4.78 is 41.4. The van der Waals surface area contributed by atoms with E-state index < -0.39 is 12.6 Å². The second kappa shape index (κ2) is 5.36. The molecule has 18 heavy (non-hydrogen) atoms. The molecule has 6 heteroatoms. The van der Waals surface area contributed by atoms with E-state index in [1.807, 2.05) is 6.07 Å². The van der Waals surface area contributed by atoms with E-state index in [1.54, 1.807) is 6.07 Å². The summed E-state index contributed by atoms with van der Waals surface area (Å²) in [6.45, 7) is 0.828. The molecule has 1 N–H and O–H groups in total. The van der Waals surface area contributed by atoms with Crippen LogP contribution < -0.4 is 10.1 Å². The van der Waals surface area contributed by atoms with Crippen LogP contribution in [0.25, 0.3) is 0 Å². The van der Waals surface area contributed by atoms with Crippen molar-refractivity contribution in [2.24, 2.45) is 0 Å². The molecule has 2 nitrogen and oxygen atoms in total. The van der Waals surface area contributed by atoms with Crippen molar-refractivity contribution in [1.29, 1.82) is 0 Å². The highest BCUT2D eigenvalue weighted by Crippen LogP contribution is 2.32. The Morgan fingerprint density at radius 1 is 1.33 bits per heavy atom. The number of alkyl halides is 3. The van der Waals surface area contributed by atoms with E-state index in [0.29, 0.717) is 18.2 Å². The van der Waals surface area contributed by atoms with E-state index in [0.717, 1.165) is 23.3 Å².